The van der Waals surface area contributed by atoms with Crippen LogP contribution in [0, 0.1) is 0 Å². The van der Waals surface area contributed by atoms with Crippen LogP contribution >= 0.6 is 11.8 Å². The molecule has 1 fully saturated rings. The van der Waals surface area contributed by atoms with Crippen LogP contribution in [-0.2, 0) is 0 Å². The van der Waals surface area contributed by atoms with Crippen molar-refractivity contribution in [3.05, 3.63) is 0 Å². The highest BCUT2D eigenvalue weighted by molar-refractivity contribution is 8.01. The predicted octanol–water partition coefficient (Wildman–Crippen LogP) is 0.483. The summed E-state index contributed by atoms with van der Waals surface area (Å²) in [5, 5.41) is 9.20. The molecule has 36 valence electrons. The molecule has 0 radical (unpaired) electrons. The minimum atomic E-state index is -0.00463. The molecule has 1 aliphatic heterocycles. The zero-order chi connectivity index (χ0) is 4.57. The van der Waals surface area contributed by atoms with E-state index in [-0.39, 0.29) is 6.10 Å². The highest BCUT2D eigenvalue weighted by atomic mass is 32.2. The van der Waals surface area contributed by atoms with Crippen LogP contribution in [0.15, 0.2) is 0 Å². The van der Waals surface area contributed by atoms with Crippen LogP contribution in [0.4, 0.5) is 0 Å². The lowest BCUT2D eigenvalue weighted by atomic mass is 10.3. The van der Waals surface area contributed by atoms with Crippen LogP contribution in [-0.4, -0.2) is 22.2 Å². The van der Waals surface area contributed by atoms with Crippen LogP contribution < -0.4 is 0 Å². The second kappa shape index (κ2) is 1.43. The van der Waals surface area contributed by atoms with E-state index in [1.54, 1.807) is 0 Å². The fourth-order valence-electron chi connectivity index (χ4n) is 0.375. The van der Waals surface area contributed by atoms with Crippen molar-refractivity contribution in [2.75, 3.05) is 5.75 Å². The number of rotatable bonds is 0. The molecular formula is C4H8OS. The first-order valence-electron chi connectivity index (χ1n) is 2.10. The Kier molecular flexibility index (Phi) is 1.06. The van der Waals surface area contributed by atoms with Crippen LogP contribution in [0.5, 0.6) is 0 Å². The van der Waals surface area contributed by atoms with E-state index >= 15 is 0 Å². The predicted molar refractivity (Wildman–Crippen MR) is 27.9 cm³/mol. The number of hydrogen-bond donors (Lipinski definition) is 1. The summed E-state index contributed by atoms with van der Waals surface area (Å²) in [6, 6.07) is 0. The van der Waals surface area contributed by atoms with Crippen LogP contribution in [0.2, 0.25) is 0 Å². The van der Waals surface area contributed by atoms with E-state index in [0.29, 0.717) is 5.25 Å². The van der Waals surface area contributed by atoms with Crippen molar-refractivity contribution in [1.29, 1.82) is 0 Å². The molecule has 1 saturated heterocycles. The Hall–Kier alpha value is 0.310. The third-order valence-corrected chi connectivity index (χ3v) is 2.45. The van der Waals surface area contributed by atoms with Gasteiger partial charge in [0.2, 0.25) is 0 Å². The summed E-state index contributed by atoms with van der Waals surface area (Å²) >= 11 is 1.82. The molecule has 2 unspecified atom stereocenters. The van der Waals surface area contributed by atoms with Gasteiger partial charge in [0.1, 0.15) is 0 Å². The lowest BCUT2D eigenvalue weighted by Gasteiger charge is -2.27. The van der Waals surface area contributed by atoms with Gasteiger partial charge in [-0.1, -0.05) is 6.92 Å². The van der Waals surface area contributed by atoms with E-state index in [0.717, 1.165) is 5.75 Å². The van der Waals surface area contributed by atoms with Crippen molar-refractivity contribution in [2.45, 2.75) is 18.3 Å². The van der Waals surface area contributed by atoms with E-state index < -0.39 is 0 Å². The van der Waals surface area contributed by atoms with Crippen molar-refractivity contribution in [1.82, 2.24) is 0 Å². The van der Waals surface area contributed by atoms with Gasteiger partial charge >= 0.3 is 0 Å². The number of thioether (sulfide) groups is 1. The average molecular weight is 104 g/mol. The molecule has 6 heavy (non-hydrogen) atoms. The second-order valence-electron chi connectivity index (χ2n) is 1.61. The third-order valence-electron chi connectivity index (χ3n) is 1.07. The largest absolute Gasteiger partial charge is 0.391 e. The van der Waals surface area contributed by atoms with Crippen LogP contribution in [0.3, 0.4) is 0 Å². The molecule has 0 aromatic rings. The molecule has 0 aromatic heterocycles. The Balaban J connectivity index is 2.20. The number of aliphatic hydroxyl groups is 1. The van der Waals surface area contributed by atoms with Crippen molar-refractivity contribution in [2.24, 2.45) is 0 Å². The zero-order valence-electron chi connectivity index (χ0n) is 3.72. The van der Waals surface area contributed by atoms with Crippen molar-refractivity contribution < 1.29 is 5.11 Å². The van der Waals surface area contributed by atoms with Gasteiger partial charge in [-0.05, 0) is 0 Å². The number of hydrogen-bond acceptors (Lipinski definition) is 2. The molecule has 1 nitrogen and oxygen atoms in total. The summed E-state index contributed by atoms with van der Waals surface area (Å²) < 4.78 is 0. The van der Waals surface area contributed by atoms with Crippen molar-refractivity contribution in [3.8, 4) is 0 Å². The fraction of sp³-hybridized carbons (Fsp3) is 1.00. The van der Waals surface area contributed by atoms with Crippen LogP contribution in [0.1, 0.15) is 6.92 Å². The van der Waals surface area contributed by atoms with Gasteiger partial charge in [0.25, 0.3) is 0 Å². The Morgan fingerprint density at radius 1 is 1.83 bits per heavy atom. The standard InChI is InChI=1S/C4H8OS/c1-3-4(5)2-6-3/h3-5H,2H2,1H3. The third kappa shape index (κ3) is 0.545. The molecule has 0 aromatic carbocycles. The Bertz CT molecular complexity index is 47.5. The first-order valence-corrected chi connectivity index (χ1v) is 3.15. The molecule has 0 bridgehead atoms. The molecule has 0 spiro atoms. The minimum absolute atomic E-state index is 0.00463. The molecule has 0 amide bonds. The minimum Gasteiger partial charge on any atom is -0.391 e. The Morgan fingerprint density at radius 3 is 2.33 bits per heavy atom. The molecule has 1 N–H and O–H groups in total. The lowest BCUT2D eigenvalue weighted by molar-refractivity contribution is 0.187. The zero-order valence-corrected chi connectivity index (χ0v) is 4.53. The van der Waals surface area contributed by atoms with Gasteiger partial charge in [-0.15, -0.1) is 0 Å². The maximum absolute atomic E-state index is 8.70. The summed E-state index contributed by atoms with van der Waals surface area (Å²) in [7, 11) is 0. The van der Waals surface area contributed by atoms with E-state index in [4.69, 9.17) is 5.11 Å². The van der Waals surface area contributed by atoms with Crippen molar-refractivity contribution >= 4 is 11.8 Å². The molecule has 1 heterocycles. The van der Waals surface area contributed by atoms with Gasteiger partial charge in [-0.2, -0.15) is 11.8 Å². The van der Waals surface area contributed by atoms with E-state index in [1.165, 1.54) is 0 Å². The summed E-state index contributed by atoms with van der Waals surface area (Å²) in [5.74, 6) is 0.946. The first-order chi connectivity index (χ1) is 2.80. The second-order valence-corrected chi connectivity index (χ2v) is 3.02. The Labute approximate surface area is 41.7 Å². The maximum atomic E-state index is 8.70. The number of aliphatic hydroxyl groups excluding tert-OH is 1. The quantitative estimate of drug-likeness (QED) is 0.482. The van der Waals surface area contributed by atoms with Gasteiger partial charge in [0.05, 0.1) is 6.10 Å². The highest BCUT2D eigenvalue weighted by Gasteiger charge is 2.23. The molecule has 2 atom stereocenters. The normalized spacial score (nSPS) is 45.0. The fourth-order valence-corrected chi connectivity index (χ4v) is 1.12. The van der Waals surface area contributed by atoms with Gasteiger partial charge < -0.3 is 5.11 Å². The molecule has 1 aliphatic rings. The smallest absolute Gasteiger partial charge is 0.0746 e. The summed E-state index contributed by atoms with van der Waals surface area (Å²) in [5.41, 5.74) is 0. The van der Waals surface area contributed by atoms with Gasteiger partial charge in [0.15, 0.2) is 0 Å². The van der Waals surface area contributed by atoms with Gasteiger partial charge in [-0.3, -0.25) is 0 Å². The highest BCUT2D eigenvalue weighted by Crippen LogP contribution is 2.26. The topological polar surface area (TPSA) is 20.2 Å². The monoisotopic (exact) mass is 104 g/mol. The lowest BCUT2D eigenvalue weighted by Crippen LogP contribution is -2.33. The summed E-state index contributed by atoms with van der Waals surface area (Å²) in [6.45, 7) is 2.04. The molecule has 0 saturated carbocycles. The van der Waals surface area contributed by atoms with Gasteiger partial charge in [0, 0.05) is 11.0 Å². The SMILES string of the molecule is CC1SCC1O. The van der Waals surface area contributed by atoms with Crippen molar-refractivity contribution in [3.63, 3.8) is 0 Å². The molecular weight excluding hydrogens is 96.1 g/mol. The van der Waals surface area contributed by atoms with E-state index in [1.807, 2.05) is 18.7 Å². The maximum Gasteiger partial charge on any atom is 0.0746 e. The average Bonchev–Trinajstić information content (AvgIpc) is 1.61. The first kappa shape index (κ1) is 4.47. The summed E-state index contributed by atoms with van der Waals surface area (Å²) in [4.78, 5) is 0. The molecule has 0 aliphatic carbocycles. The van der Waals surface area contributed by atoms with E-state index in [9.17, 15) is 0 Å². The van der Waals surface area contributed by atoms with Gasteiger partial charge in [-0.25, -0.2) is 0 Å². The van der Waals surface area contributed by atoms with Crippen LogP contribution in [0.25, 0.3) is 0 Å². The Morgan fingerprint density at radius 2 is 2.33 bits per heavy atom. The summed E-state index contributed by atoms with van der Waals surface area (Å²) in [6.07, 6.45) is -0.00463. The molecule has 1 rings (SSSR count). The van der Waals surface area contributed by atoms with E-state index in [2.05, 4.69) is 0 Å². The molecule has 2 heteroatoms.